The van der Waals surface area contributed by atoms with Crippen LogP contribution in [0.5, 0.6) is 0 Å². The van der Waals surface area contributed by atoms with Gasteiger partial charge in [-0.2, -0.15) is 0 Å². The van der Waals surface area contributed by atoms with Crippen molar-refractivity contribution in [2.24, 2.45) is 0 Å². The number of carbonyl (C=O) groups is 1. The molecule has 0 bridgehead atoms. The van der Waals surface area contributed by atoms with Crippen molar-refractivity contribution in [1.29, 1.82) is 0 Å². The summed E-state index contributed by atoms with van der Waals surface area (Å²) < 4.78 is 1.72. The number of hydrogen-bond acceptors (Lipinski definition) is 5. The molecule has 0 saturated carbocycles. The van der Waals surface area contributed by atoms with Gasteiger partial charge in [0.1, 0.15) is 0 Å². The minimum atomic E-state index is -0.204. The Morgan fingerprint density at radius 1 is 1.21 bits per heavy atom. The molecule has 1 heterocycles. The van der Waals surface area contributed by atoms with Gasteiger partial charge in [-0.1, -0.05) is 62.8 Å². The first-order valence-electron chi connectivity index (χ1n) is 6.88. The SMILES string of the molecule is O=C(Nc1nnc(SCc2cccc(Cl)c2)s1)c1ccc(Br)cc1. The van der Waals surface area contributed by atoms with Gasteiger partial charge in [0.05, 0.1) is 0 Å². The summed E-state index contributed by atoms with van der Waals surface area (Å²) in [5.74, 6) is 0.542. The van der Waals surface area contributed by atoms with Crippen LogP contribution < -0.4 is 5.32 Å². The molecular weight excluding hydrogens is 430 g/mol. The van der Waals surface area contributed by atoms with E-state index in [1.54, 1.807) is 23.9 Å². The fourth-order valence-corrected chi connectivity index (χ4v) is 4.03. The first kappa shape index (κ1) is 17.4. The van der Waals surface area contributed by atoms with Crippen LogP contribution in [0.4, 0.5) is 5.13 Å². The average Bonchev–Trinajstić information content (AvgIpc) is 3.01. The van der Waals surface area contributed by atoms with E-state index in [1.807, 2.05) is 36.4 Å². The third kappa shape index (κ3) is 4.80. The molecule has 4 nitrogen and oxygen atoms in total. The van der Waals surface area contributed by atoms with Crippen LogP contribution >= 0.6 is 50.6 Å². The van der Waals surface area contributed by atoms with Crippen LogP contribution in [0, 0.1) is 0 Å². The van der Waals surface area contributed by atoms with Crippen LogP contribution in [0.1, 0.15) is 15.9 Å². The monoisotopic (exact) mass is 439 g/mol. The number of rotatable bonds is 5. The van der Waals surface area contributed by atoms with Crippen LogP contribution in [0.25, 0.3) is 0 Å². The Morgan fingerprint density at radius 2 is 2.00 bits per heavy atom. The number of hydrogen-bond donors (Lipinski definition) is 1. The first-order chi connectivity index (χ1) is 11.6. The number of nitrogens with one attached hydrogen (secondary N) is 1. The van der Waals surface area contributed by atoms with E-state index < -0.39 is 0 Å². The molecule has 2 aromatic carbocycles. The number of anilines is 1. The highest BCUT2D eigenvalue weighted by Crippen LogP contribution is 2.29. The number of aromatic nitrogens is 2. The highest BCUT2D eigenvalue weighted by molar-refractivity contribution is 9.10. The molecule has 1 aromatic heterocycles. The second-order valence-corrected chi connectivity index (χ2v) is 8.30. The summed E-state index contributed by atoms with van der Waals surface area (Å²) >= 11 is 12.2. The Kier molecular flexibility index (Phi) is 5.89. The van der Waals surface area contributed by atoms with Gasteiger partial charge >= 0.3 is 0 Å². The van der Waals surface area contributed by atoms with Gasteiger partial charge in [0.25, 0.3) is 5.91 Å². The lowest BCUT2D eigenvalue weighted by Gasteiger charge is -2.01. The van der Waals surface area contributed by atoms with Gasteiger partial charge in [-0.3, -0.25) is 10.1 Å². The predicted molar refractivity (Wildman–Crippen MR) is 103 cm³/mol. The van der Waals surface area contributed by atoms with E-state index in [0.717, 1.165) is 20.1 Å². The van der Waals surface area contributed by atoms with Crippen molar-refractivity contribution in [1.82, 2.24) is 10.2 Å². The van der Waals surface area contributed by atoms with Crippen molar-refractivity contribution in [3.05, 3.63) is 69.2 Å². The normalized spacial score (nSPS) is 10.6. The smallest absolute Gasteiger partial charge is 0.257 e. The van der Waals surface area contributed by atoms with E-state index in [1.165, 1.54) is 11.3 Å². The molecule has 0 saturated heterocycles. The third-order valence-corrected chi connectivity index (χ3v) is 5.79. The summed E-state index contributed by atoms with van der Waals surface area (Å²) in [4.78, 5) is 12.1. The van der Waals surface area contributed by atoms with Crippen LogP contribution in [-0.2, 0) is 5.75 Å². The minimum Gasteiger partial charge on any atom is -0.296 e. The predicted octanol–water partition coefficient (Wildman–Crippen LogP) is 5.50. The van der Waals surface area contributed by atoms with E-state index >= 15 is 0 Å². The largest absolute Gasteiger partial charge is 0.296 e. The highest BCUT2D eigenvalue weighted by Gasteiger charge is 2.10. The number of thioether (sulfide) groups is 1. The van der Waals surface area contributed by atoms with Crippen LogP contribution in [-0.4, -0.2) is 16.1 Å². The second kappa shape index (κ2) is 8.11. The number of nitrogens with zero attached hydrogens (tertiary/aromatic N) is 2. The molecule has 3 aromatic rings. The maximum Gasteiger partial charge on any atom is 0.257 e. The zero-order valence-corrected chi connectivity index (χ0v) is 16.2. The molecule has 3 rings (SSSR count). The molecule has 0 aliphatic heterocycles. The summed E-state index contributed by atoms with van der Waals surface area (Å²) in [5, 5.41) is 12.1. The maximum absolute atomic E-state index is 12.1. The molecule has 0 atom stereocenters. The van der Waals surface area contributed by atoms with Crippen molar-refractivity contribution in [2.75, 3.05) is 5.32 Å². The molecule has 0 unspecified atom stereocenters. The van der Waals surface area contributed by atoms with Gasteiger partial charge in [0, 0.05) is 20.8 Å². The van der Waals surface area contributed by atoms with Gasteiger partial charge in [-0.25, -0.2) is 0 Å². The zero-order chi connectivity index (χ0) is 16.9. The van der Waals surface area contributed by atoms with Crippen molar-refractivity contribution >= 4 is 61.7 Å². The molecule has 122 valence electrons. The summed E-state index contributed by atoms with van der Waals surface area (Å²) in [6.45, 7) is 0. The van der Waals surface area contributed by atoms with Gasteiger partial charge in [0.2, 0.25) is 5.13 Å². The molecule has 0 aliphatic rings. The van der Waals surface area contributed by atoms with E-state index in [4.69, 9.17) is 11.6 Å². The van der Waals surface area contributed by atoms with Crippen LogP contribution in [0.3, 0.4) is 0 Å². The van der Waals surface area contributed by atoms with Gasteiger partial charge in [0.15, 0.2) is 4.34 Å². The molecule has 0 fully saturated rings. The van der Waals surface area contributed by atoms with Crippen molar-refractivity contribution in [3.8, 4) is 0 Å². The molecule has 0 spiro atoms. The number of benzene rings is 2. The topological polar surface area (TPSA) is 54.9 Å². The molecule has 0 radical (unpaired) electrons. The lowest BCUT2D eigenvalue weighted by molar-refractivity contribution is 0.102. The number of halogens is 2. The van der Waals surface area contributed by atoms with Crippen LogP contribution in [0.2, 0.25) is 5.02 Å². The van der Waals surface area contributed by atoms with Crippen molar-refractivity contribution in [2.45, 2.75) is 10.1 Å². The molecule has 1 N–H and O–H groups in total. The molecular formula is C16H11BrClN3OS2. The van der Waals surface area contributed by atoms with Gasteiger partial charge in [-0.15, -0.1) is 10.2 Å². The van der Waals surface area contributed by atoms with Crippen LogP contribution in [0.15, 0.2) is 57.3 Å². The quantitative estimate of drug-likeness (QED) is 0.420. The lowest BCUT2D eigenvalue weighted by Crippen LogP contribution is -2.11. The molecule has 0 aliphatic carbocycles. The third-order valence-electron chi connectivity index (χ3n) is 2.98. The lowest BCUT2D eigenvalue weighted by atomic mass is 10.2. The van der Waals surface area contributed by atoms with Gasteiger partial charge < -0.3 is 0 Å². The number of carbonyl (C=O) groups excluding carboxylic acids is 1. The summed E-state index contributed by atoms with van der Waals surface area (Å²) in [6.07, 6.45) is 0. The average molecular weight is 441 g/mol. The standard InChI is InChI=1S/C16H11BrClN3OS2/c17-12-6-4-11(5-7-12)14(22)19-15-20-21-16(24-15)23-9-10-2-1-3-13(18)8-10/h1-8H,9H2,(H,19,20,22). The van der Waals surface area contributed by atoms with E-state index in [-0.39, 0.29) is 5.91 Å². The van der Waals surface area contributed by atoms with Crippen molar-refractivity contribution in [3.63, 3.8) is 0 Å². The zero-order valence-electron chi connectivity index (χ0n) is 12.2. The fourth-order valence-electron chi connectivity index (χ4n) is 1.86. The Bertz CT molecular complexity index is 855. The first-order valence-corrected chi connectivity index (χ1v) is 9.85. The van der Waals surface area contributed by atoms with Gasteiger partial charge in [-0.05, 0) is 42.0 Å². The van der Waals surface area contributed by atoms with E-state index in [2.05, 4.69) is 31.4 Å². The minimum absolute atomic E-state index is 0.204. The summed E-state index contributed by atoms with van der Waals surface area (Å²) in [6, 6.07) is 14.8. The number of amides is 1. The molecule has 24 heavy (non-hydrogen) atoms. The fraction of sp³-hybridized carbons (Fsp3) is 0.0625. The second-order valence-electron chi connectivity index (χ2n) is 4.75. The summed E-state index contributed by atoms with van der Waals surface area (Å²) in [7, 11) is 0. The van der Waals surface area contributed by atoms with E-state index in [0.29, 0.717) is 15.7 Å². The molecule has 1 amide bonds. The highest BCUT2D eigenvalue weighted by atomic mass is 79.9. The summed E-state index contributed by atoms with van der Waals surface area (Å²) in [5.41, 5.74) is 1.68. The Hall–Kier alpha value is -1.41. The van der Waals surface area contributed by atoms with E-state index in [9.17, 15) is 4.79 Å². The maximum atomic E-state index is 12.1. The Balaban J connectivity index is 1.59. The Labute approximate surface area is 160 Å². The molecule has 8 heteroatoms. The Morgan fingerprint density at radius 3 is 2.75 bits per heavy atom. The van der Waals surface area contributed by atoms with Crippen molar-refractivity contribution < 1.29 is 4.79 Å².